The Bertz CT molecular complexity index is 244. The SMILES string of the molecule is FC(F)/C=C/Sc1ccccc1. The minimum Gasteiger partial charge on any atom is -0.206 e. The number of benzene rings is 1. The summed E-state index contributed by atoms with van der Waals surface area (Å²) in [5.41, 5.74) is 0. The molecule has 0 atom stereocenters. The van der Waals surface area contributed by atoms with Crippen molar-refractivity contribution in [3.05, 3.63) is 41.8 Å². The van der Waals surface area contributed by atoms with Gasteiger partial charge >= 0.3 is 0 Å². The van der Waals surface area contributed by atoms with Crippen LogP contribution in [0.5, 0.6) is 0 Å². The van der Waals surface area contributed by atoms with Gasteiger partial charge in [-0.2, -0.15) is 0 Å². The van der Waals surface area contributed by atoms with Crippen molar-refractivity contribution < 1.29 is 8.78 Å². The van der Waals surface area contributed by atoms with E-state index in [-0.39, 0.29) is 0 Å². The van der Waals surface area contributed by atoms with Gasteiger partial charge in [-0.25, -0.2) is 8.78 Å². The predicted octanol–water partition coefficient (Wildman–Crippen LogP) is 3.56. The number of hydrogen-bond donors (Lipinski definition) is 0. The summed E-state index contributed by atoms with van der Waals surface area (Å²) < 4.78 is 23.3. The molecule has 0 aromatic heterocycles. The molecule has 0 saturated heterocycles. The number of rotatable bonds is 3. The molecule has 0 aliphatic heterocycles. The Morgan fingerprint density at radius 1 is 1.17 bits per heavy atom. The van der Waals surface area contributed by atoms with Crippen LogP contribution in [-0.2, 0) is 0 Å². The van der Waals surface area contributed by atoms with Crippen LogP contribution in [0.3, 0.4) is 0 Å². The normalized spacial score (nSPS) is 11.2. The number of halogens is 2. The molecule has 0 bridgehead atoms. The van der Waals surface area contributed by atoms with Crippen LogP contribution in [0, 0.1) is 0 Å². The van der Waals surface area contributed by atoms with Crippen molar-refractivity contribution in [2.45, 2.75) is 11.3 Å². The van der Waals surface area contributed by atoms with Crippen molar-refractivity contribution in [2.75, 3.05) is 0 Å². The second-order valence-corrected chi connectivity index (χ2v) is 3.07. The summed E-state index contributed by atoms with van der Waals surface area (Å²) in [5.74, 6) is 0. The molecule has 0 radical (unpaired) electrons. The van der Waals surface area contributed by atoms with Gasteiger partial charge in [-0.3, -0.25) is 0 Å². The first-order valence-corrected chi connectivity index (χ1v) is 4.33. The van der Waals surface area contributed by atoms with Gasteiger partial charge < -0.3 is 0 Å². The van der Waals surface area contributed by atoms with E-state index in [1.807, 2.05) is 30.3 Å². The van der Waals surface area contributed by atoms with Crippen molar-refractivity contribution in [3.63, 3.8) is 0 Å². The molecule has 0 heterocycles. The van der Waals surface area contributed by atoms with Gasteiger partial charge in [0.1, 0.15) is 0 Å². The van der Waals surface area contributed by atoms with Crippen molar-refractivity contribution in [2.24, 2.45) is 0 Å². The molecule has 1 rings (SSSR count). The lowest BCUT2D eigenvalue weighted by atomic mass is 10.4. The summed E-state index contributed by atoms with van der Waals surface area (Å²) in [6.45, 7) is 0. The van der Waals surface area contributed by atoms with Gasteiger partial charge in [0.05, 0.1) is 0 Å². The molecule has 0 spiro atoms. The maximum atomic E-state index is 11.6. The largest absolute Gasteiger partial charge is 0.257 e. The van der Waals surface area contributed by atoms with Crippen LogP contribution in [0.1, 0.15) is 0 Å². The number of hydrogen-bond acceptors (Lipinski definition) is 1. The van der Waals surface area contributed by atoms with Crippen molar-refractivity contribution in [1.82, 2.24) is 0 Å². The fraction of sp³-hybridized carbons (Fsp3) is 0.111. The Labute approximate surface area is 74.3 Å². The molecule has 0 fully saturated rings. The van der Waals surface area contributed by atoms with E-state index in [1.165, 1.54) is 17.2 Å². The molecule has 0 aliphatic rings. The molecule has 0 amide bonds. The lowest BCUT2D eigenvalue weighted by Crippen LogP contribution is -1.77. The summed E-state index contributed by atoms with van der Waals surface area (Å²) >= 11 is 1.29. The second kappa shape index (κ2) is 4.93. The molecule has 0 N–H and O–H groups in total. The third-order valence-corrected chi connectivity index (χ3v) is 2.01. The van der Waals surface area contributed by atoms with Crippen LogP contribution in [0.2, 0.25) is 0 Å². The van der Waals surface area contributed by atoms with Crippen molar-refractivity contribution in [1.29, 1.82) is 0 Å². The Kier molecular flexibility index (Phi) is 3.80. The standard InChI is InChI=1S/C9H8F2S/c10-9(11)6-7-12-8-4-2-1-3-5-8/h1-7,9H/b7-6+. The van der Waals surface area contributed by atoms with E-state index >= 15 is 0 Å². The predicted molar refractivity (Wildman–Crippen MR) is 47.4 cm³/mol. The Morgan fingerprint density at radius 2 is 1.83 bits per heavy atom. The molecule has 64 valence electrons. The summed E-state index contributed by atoms with van der Waals surface area (Å²) in [7, 11) is 0. The molecule has 0 nitrogen and oxygen atoms in total. The highest BCUT2D eigenvalue weighted by atomic mass is 32.2. The molecular weight excluding hydrogens is 178 g/mol. The maximum absolute atomic E-state index is 11.6. The van der Waals surface area contributed by atoms with Gasteiger partial charge in [0.2, 0.25) is 0 Å². The third kappa shape index (κ3) is 3.53. The monoisotopic (exact) mass is 186 g/mol. The Morgan fingerprint density at radius 3 is 2.42 bits per heavy atom. The smallest absolute Gasteiger partial charge is 0.206 e. The van der Waals surface area contributed by atoms with Gasteiger partial charge in [0, 0.05) is 4.90 Å². The first kappa shape index (κ1) is 9.26. The van der Waals surface area contributed by atoms with Crippen LogP contribution in [0.25, 0.3) is 0 Å². The average molecular weight is 186 g/mol. The fourth-order valence-electron chi connectivity index (χ4n) is 0.676. The first-order chi connectivity index (χ1) is 5.79. The fourth-order valence-corrected chi connectivity index (χ4v) is 1.35. The highest BCUT2D eigenvalue weighted by Gasteiger charge is 1.92. The third-order valence-electron chi connectivity index (χ3n) is 1.17. The summed E-state index contributed by atoms with van der Waals surface area (Å²) in [6, 6.07) is 9.39. The number of allylic oxidation sites excluding steroid dienone is 1. The molecule has 0 unspecified atom stereocenters. The second-order valence-electron chi connectivity index (χ2n) is 2.09. The van der Waals surface area contributed by atoms with E-state index in [9.17, 15) is 8.78 Å². The van der Waals surface area contributed by atoms with E-state index < -0.39 is 6.43 Å². The Balaban J connectivity index is 2.43. The van der Waals surface area contributed by atoms with E-state index in [2.05, 4.69) is 0 Å². The average Bonchev–Trinajstić information content (AvgIpc) is 2.05. The number of thioether (sulfide) groups is 1. The molecule has 1 aromatic rings. The summed E-state index contributed by atoms with van der Waals surface area (Å²) in [6.07, 6.45) is -1.49. The number of alkyl halides is 2. The van der Waals surface area contributed by atoms with Gasteiger partial charge in [0.15, 0.2) is 0 Å². The lowest BCUT2D eigenvalue weighted by Gasteiger charge is -1.93. The zero-order chi connectivity index (χ0) is 8.81. The van der Waals surface area contributed by atoms with Crippen molar-refractivity contribution in [3.8, 4) is 0 Å². The van der Waals surface area contributed by atoms with Crippen LogP contribution in [-0.4, -0.2) is 6.43 Å². The Hall–Kier alpha value is -0.830. The van der Waals surface area contributed by atoms with Crippen LogP contribution in [0.15, 0.2) is 46.7 Å². The van der Waals surface area contributed by atoms with E-state index in [4.69, 9.17) is 0 Å². The molecule has 0 aliphatic carbocycles. The topological polar surface area (TPSA) is 0 Å². The van der Waals surface area contributed by atoms with Crippen LogP contribution in [0.4, 0.5) is 8.78 Å². The highest BCUT2D eigenvalue weighted by molar-refractivity contribution is 8.02. The highest BCUT2D eigenvalue weighted by Crippen LogP contribution is 2.18. The zero-order valence-electron chi connectivity index (χ0n) is 6.28. The van der Waals surface area contributed by atoms with Gasteiger partial charge in [-0.15, -0.1) is 0 Å². The summed E-state index contributed by atoms with van der Waals surface area (Å²) in [5, 5.41) is 1.40. The van der Waals surface area contributed by atoms with Gasteiger partial charge in [-0.05, 0) is 23.6 Å². The van der Waals surface area contributed by atoms with Crippen LogP contribution >= 0.6 is 11.8 Å². The van der Waals surface area contributed by atoms with Gasteiger partial charge in [-0.1, -0.05) is 30.0 Å². The molecule has 12 heavy (non-hydrogen) atoms. The molecule has 0 saturated carbocycles. The van der Waals surface area contributed by atoms with Gasteiger partial charge in [0.25, 0.3) is 6.43 Å². The van der Waals surface area contributed by atoms with Crippen LogP contribution < -0.4 is 0 Å². The zero-order valence-corrected chi connectivity index (χ0v) is 7.10. The quantitative estimate of drug-likeness (QED) is 0.650. The van der Waals surface area contributed by atoms with Crippen molar-refractivity contribution >= 4 is 11.8 Å². The molecule has 1 aromatic carbocycles. The first-order valence-electron chi connectivity index (χ1n) is 3.45. The lowest BCUT2D eigenvalue weighted by molar-refractivity contribution is 0.204. The van der Waals surface area contributed by atoms with E-state index in [0.29, 0.717) is 0 Å². The minimum absolute atomic E-state index is 0.873. The molecular formula is C9H8F2S. The molecule has 3 heteroatoms. The maximum Gasteiger partial charge on any atom is 0.257 e. The van der Waals surface area contributed by atoms with E-state index in [1.54, 1.807) is 0 Å². The minimum atomic E-state index is -2.36. The van der Waals surface area contributed by atoms with E-state index in [0.717, 1.165) is 11.0 Å². The summed E-state index contributed by atoms with van der Waals surface area (Å²) in [4.78, 5) is 0.967.